The van der Waals surface area contributed by atoms with Gasteiger partial charge in [0, 0.05) is 25.0 Å². The maximum atomic E-state index is 12.8. The second-order valence-corrected chi connectivity index (χ2v) is 4.96. The lowest BCUT2D eigenvalue weighted by molar-refractivity contribution is -0.137. The van der Waals surface area contributed by atoms with E-state index in [4.69, 9.17) is 16.9 Å². The summed E-state index contributed by atoms with van der Waals surface area (Å²) >= 11 is 5.90. The third kappa shape index (κ3) is 4.50. The standard InChI is InChI=1S/C15H12ClF3N4/c16-13-8-11(4-3-10(13)9-20)21-6-7-23-14-12(15(17,18)19)2-1-5-22-14/h1-5,8,21H,6-7H2,(H,22,23). The molecule has 1 heterocycles. The summed E-state index contributed by atoms with van der Waals surface area (Å²) < 4.78 is 38.4. The number of anilines is 2. The zero-order valence-corrected chi connectivity index (χ0v) is 12.5. The first-order chi connectivity index (χ1) is 10.9. The van der Waals surface area contributed by atoms with Crippen molar-refractivity contribution >= 4 is 23.1 Å². The number of hydrogen-bond donors (Lipinski definition) is 2. The summed E-state index contributed by atoms with van der Waals surface area (Å²) in [4.78, 5) is 3.71. The quantitative estimate of drug-likeness (QED) is 0.803. The minimum Gasteiger partial charge on any atom is -0.383 e. The molecule has 0 saturated carbocycles. The van der Waals surface area contributed by atoms with Gasteiger partial charge < -0.3 is 10.6 Å². The van der Waals surface area contributed by atoms with Crippen LogP contribution in [-0.4, -0.2) is 18.1 Å². The maximum absolute atomic E-state index is 12.8. The van der Waals surface area contributed by atoms with E-state index in [0.29, 0.717) is 22.8 Å². The Morgan fingerprint density at radius 2 is 1.91 bits per heavy atom. The Bertz CT molecular complexity index is 725. The monoisotopic (exact) mass is 340 g/mol. The number of pyridine rings is 1. The van der Waals surface area contributed by atoms with Crippen LogP contribution in [0.3, 0.4) is 0 Å². The number of alkyl halides is 3. The van der Waals surface area contributed by atoms with Crippen LogP contribution in [0, 0.1) is 11.3 Å². The molecule has 0 aliphatic heterocycles. The normalized spacial score (nSPS) is 10.9. The van der Waals surface area contributed by atoms with Crippen LogP contribution in [0.1, 0.15) is 11.1 Å². The predicted octanol–water partition coefficient (Wildman–Crippen LogP) is 4.15. The van der Waals surface area contributed by atoms with Crippen LogP contribution < -0.4 is 10.6 Å². The van der Waals surface area contributed by atoms with Gasteiger partial charge in [-0.05, 0) is 30.3 Å². The largest absolute Gasteiger partial charge is 0.419 e. The highest BCUT2D eigenvalue weighted by Gasteiger charge is 2.33. The lowest BCUT2D eigenvalue weighted by Crippen LogP contribution is -2.17. The molecule has 0 aliphatic carbocycles. The molecule has 23 heavy (non-hydrogen) atoms. The molecule has 0 unspecified atom stereocenters. The van der Waals surface area contributed by atoms with Gasteiger partial charge in [0.15, 0.2) is 0 Å². The molecular formula is C15H12ClF3N4. The minimum absolute atomic E-state index is 0.209. The molecule has 1 aromatic carbocycles. The van der Waals surface area contributed by atoms with Crippen molar-refractivity contribution in [2.24, 2.45) is 0 Å². The number of halogens is 4. The Hall–Kier alpha value is -2.46. The van der Waals surface area contributed by atoms with Crippen LogP contribution in [0.2, 0.25) is 5.02 Å². The molecule has 2 N–H and O–H groups in total. The highest BCUT2D eigenvalue weighted by molar-refractivity contribution is 6.32. The van der Waals surface area contributed by atoms with Crippen molar-refractivity contribution in [1.82, 2.24) is 4.98 Å². The van der Waals surface area contributed by atoms with E-state index >= 15 is 0 Å². The molecule has 1 aromatic heterocycles. The fourth-order valence-electron chi connectivity index (χ4n) is 1.88. The first-order valence-corrected chi connectivity index (χ1v) is 6.99. The van der Waals surface area contributed by atoms with Gasteiger partial charge in [0.2, 0.25) is 0 Å². The highest BCUT2D eigenvalue weighted by Crippen LogP contribution is 2.33. The molecule has 0 radical (unpaired) electrons. The van der Waals surface area contributed by atoms with Crippen molar-refractivity contribution in [2.75, 3.05) is 23.7 Å². The van der Waals surface area contributed by atoms with Crippen molar-refractivity contribution in [2.45, 2.75) is 6.18 Å². The van der Waals surface area contributed by atoms with Crippen LogP contribution in [0.25, 0.3) is 0 Å². The first-order valence-electron chi connectivity index (χ1n) is 6.61. The number of nitriles is 1. The number of aromatic nitrogens is 1. The van der Waals surface area contributed by atoms with Crippen LogP contribution in [0.5, 0.6) is 0 Å². The Morgan fingerprint density at radius 3 is 2.57 bits per heavy atom. The number of benzene rings is 1. The average molecular weight is 341 g/mol. The maximum Gasteiger partial charge on any atom is 0.419 e. The second-order valence-electron chi connectivity index (χ2n) is 4.56. The summed E-state index contributed by atoms with van der Waals surface area (Å²) in [6.45, 7) is 0.591. The first kappa shape index (κ1) is 16.9. The van der Waals surface area contributed by atoms with Gasteiger partial charge in [0.1, 0.15) is 11.9 Å². The third-order valence-corrected chi connectivity index (χ3v) is 3.26. The number of rotatable bonds is 5. The fourth-order valence-corrected chi connectivity index (χ4v) is 2.10. The van der Waals surface area contributed by atoms with Gasteiger partial charge in [-0.25, -0.2) is 4.98 Å². The topological polar surface area (TPSA) is 60.7 Å². The summed E-state index contributed by atoms with van der Waals surface area (Å²) in [7, 11) is 0. The van der Waals surface area contributed by atoms with E-state index in [2.05, 4.69) is 15.6 Å². The Labute approximate surface area is 135 Å². The van der Waals surface area contributed by atoms with E-state index in [1.54, 1.807) is 18.2 Å². The zero-order chi connectivity index (χ0) is 16.9. The molecule has 120 valence electrons. The Balaban J connectivity index is 1.92. The number of nitrogens with zero attached hydrogens (tertiary/aromatic N) is 2. The van der Waals surface area contributed by atoms with Crippen molar-refractivity contribution in [3.05, 3.63) is 52.7 Å². The van der Waals surface area contributed by atoms with Gasteiger partial charge >= 0.3 is 6.18 Å². The summed E-state index contributed by atoms with van der Waals surface area (Å²) in [5, 5.41) is 14.7. The minimum atomic E-state index is -4.45. The second kappa shape index (κ2) is 7.20. The highest BCUT2D eigenvalue weighted by atomic mass is 35.5. The van der Waals surface area contributed by atoms with Gasteiger partial charge in [-0.2, -0.15) is 18.4 Å². The predicted molar refractivity (Wildman–Crippen MR) is 82.4 cm³/mol. The molecule has 0 atom stereocenters. The van der Waals surface area contributed by atoms with E-state index in [1.165, 1.54) is 12.3 Å². The van der Waals surface area contributed by atoms with Gasteiger partial charge in [0.25, 0.3) is 0 Å². The van der Waals surface area contributed by atoms with Crippen molar-refractivity contribution in [3.8, 4) is 6.07 Å². The zero-order valence-electron chi connectivity index (χ0n) is 11.8. The SMILES string of the molecule is N#Cc1ccc(NCCNc2ncccc2C(F)(F)F)cc1Cl. The van der Waals surface area contributed by atoms with Crippen molar-refractivity contribution in [1.29, 1.82) is 5.26 Å². The molecule has 2 rings (SSSR count). The van der Waals surface area contributed by atoms with Crippen molar-refractivity contribution in [3.63, 3.8) is 0 Å². The van der Waals surface area contributed by atoms with E-state index < -0.39 is 11.7 Å². The Kier molecular flexibility index (Phi) is 5.29. The molecule has 4 nitrogen and oxygen atoms in total. The third-order valence-electron chi connectivity index (χ3n) is 2.95. The van der Waals surface area contributed by atoms with Gasteiger partial charge in [-0.1, -0.05) is 11.6 Å². The molecule has 0 fully saturated rings. The smallest absolute Gasteiger partial charge is 0.383 e. The fraction of sp³-hybridized carbons (Fsp3) is 0.200. The molecule has 0 spiro atoms. The van der Waals surface area contributed by atoms with Gasteiger partial charge in [-0.3, -0.25) is 0 Å². The molecule has 8 heteroatoms. The molecule has 0 amide bonds. The molecule has 0 aliphatic rings. The molecule has 0 bridgehead atoms. The molecule has 2 aromatic rings. The van der Waals surface area contributed by atoms with Crippen molar-refractivity contribution < 1.29 is 13.2 Å². The lowest BCUT2D eigenvalue weighted by atomic mass is 10.2. The summed E-state index contributed by atoms with van der Waals surface area (Å²) in [5.41, 5.74) is 0.230. The van der Waals surface area contributed by atoms with E-state index in [1.807, 2.05) is 6.07 Å². The molecule has 0 saturated heterocycles. The van der Waals surface area contributed by atoms with E-state index in [0.717, 1.165) is 6.07 Å². The van der Waals surface area contributed by atoms with Gasteiger partial charge in [0.05, 0.1) is 16.1 Å². The van der Waals surface area contributed by atoms with Crippen LogP contribution in [-0.2, 0) is 6.18 Å². The summed E-state index contributed by atoms with van der Waals surface area (Å²) in [6.07, 6.45) is -3.16. The number of nitrogens with one attached hydrogen (secondary N) is 2. The molecular weight excluding hydrogens is 329 g/mol. The average Bonchev–Trinajstić information content (AvgIpc) is 2.51. The summed E-state index contributed by atoms with van der Waals surface area (Å²) in [6, 6.07) is 8.99. The van der Waals surface area contributed by atoms with Gasteiger partial charge in [-0.15, -0.1) is 0 Å². The lowest BCUT2D eigenvalue weighted by Gasteiger charge is -2.13. The van der Waals surface area contributed by atoms with Crippen LogP contribution in [0.15, 0.2) is 36.5 Å². The van der Waals surface area contributed by atoms with E-state index in [-0.39, 0.29) is 12.4 Å². The summed E-state index contributed by atoms with van der Waals surface area (Å²) in [5.74, 6) is -0.209. The van der Waals surface area contributed by atoms with Crippen LogP contribution in [0.4, 0.5) is 24.7 Å². The number of hydrogen-bond acceptors (Lipinski definition) is 4. The van der Waals surface area contributed by atoms with Crippen LogP contribution >= 0.6 is 11.6 Å². The van der Waals surface area contributed by atoms with E-state index in [9.17, 15) is 13.2 Å². The Morgan fingerprint density at radius 1 is 1.17 bits per heavy atom.